The summed E-state index contributed by atoms with van der Waals surface area (Å²) in [4.78, 5) is 4.32. The molecule has 0 aliphatic rings. The Kier molecular flexibility index (Phi) is 3.52. The van der Waals surface area contributed by atoms with Crippen LogP contribution in [0, 0.1) is 5.92 Å². The van der Waals surface area contributed by atoms with Crippen molar-refractivity contribution in [3.8, 4) is 0 Å². The van der Waals surface area contributed by atoms with Crippen LogP contribution in [0.2, 0.25) is 0 Å². The Morgan fingerprint density at radius 2 is 1.92 bits per heavy atom. The van der Waals surface area contributed by atoms with Crippen LogP contribution in [-0.4, -0.2) is 12.8 Å². The lowest BCUT2D eigenvalue weighted by Gasteiger charge is -1.96. The normalized spacial score (nSPS) is 11.2. The zero-order chi connectivity index (χ0) is 8.81. The molecule has 0 aliphatic heterocycles. The van der Waals surface area contributed by atoms with Crippen molar-refractivity contribution >= 4 is 6.21 Å². The first-order valence-electron chi connectivity index (χ1n) is 4.34. The lowest BCUT2D eigenvalue weighted by molar-refractivity contribution is 0.667. The molecule has 1 rings (SSSR count). The third-order valence-electron chi connectivity index (χ3n) is 1.51. The molecule has 0 N–H and O–H groups in total. The summed E-state index contributed by atoms with van der Waals surface area (Å²) >= 11 is 0. The summed E-state index contributed by atoms with van der Waals surface area (Å²) in [6, 6.07) is 10.2. The number of aliphatic imine (C=N–C) groups is 1. The predicted molar refractivity (Wildman–Crippen MR) is 53.7 cm³/mol. The first kappa shape index (κ1) is 8.98. The van der Waals surface area contributed by atoms with Gasteiger partial charge in [0.15, 0.2) is 0 Å². The second-order valence-corrected chi connectivity index (χ2v) is 3.30. The van der Waals surface area contributed by atoms with Crippen LogP contribution in [0.25, 0.3) is 0 Å². The van der Waals surface area contributed by atoms with E-state index in [0.29, 0.717) is 5.92 Å². The van der Waals surface area contributed by atoms with Crippen LogP contribution in [0.1, 0.15) is 19.4 Å². The van der Waals surface area contributed by atoms with E-state index in [9.17, 15) is 0 Å². The van der Waals surface area contributed by atoms with Gasteiger partial charge in [-0.05, 0) is 11.5 Å². The average molecular weight is 161 g/mol. The van der Waals surface area contributed by atoms with Crippen LogP contribution in [0.5, 0.6) is 0 Å². The molecule has 0 radical (unpaired) electrons. The van der Waals surface area contributed by atoms with Gasteiger partial charge in [0, 0.05) is 12.8 Å². The minimum absolute atomic E-state index is 0.643. The molecular weight excluding hydrogens is 146 g/mol. The van der Waals surface area contributed by atoms with E-state index >= 15 is 0 Å². The van der Waals surface area contributed by atoms with Crippen LogP contribution in [0.4, 0.5) is 0 Å². The van der Waals surface area contributed by atoms with Gasteiger partial charge in [-0.25, -0.2) is 0 Å². The number of hydrogen-bond donors (Lipinski definition) is 0. The van der Waals surface area contributed by atoms with E-state index in [4.69, 9.17) is 0 Å². The minimum Gasteiger partial charge on any atom is -0.292 e. The lowest BCUT2D eigenvalue weighted by atomic mass is 10.2. The van der Waals surface area contributed by atoms with Gasteiger partial charge in [-0.2, -0.15) is 0 Å². The van der Waals surface area contributed by atoms with Gasteiger partial charge in [0.1, 0.15) is 0 Å². The van der Waals surface area contributed by atoms with Crippen LogP contribution >= 0.6 is 0 Å². The van der Waals surface area contributed by atoms with Gasteiger partial charge >= 0.3 is 0 Å². The van der Waals surface area contributed by atoms with Crippen LogP contribution < -0.4 is 0 Å². The van der Waals surface area contributed by atoms with Crippen molar-refractivity contribution in [1.29, 1.82) is 0 Å². The summed E-state index contributed by atoms with van der Waals surface area (Å²) in [5.41, 5.74) is 1.18. The number of benzene rings is 1. The highest BCUT2D eigenvalue weighted by Crippen LogP contribution is 1.96. The molecule has 0 bridgehead atoms. The van der Waals surface area contributed by atoms with E-state index in [2.05, 4.69) is 31.0 Å². The van der Waals surface area contributed by atoms with Crippen LogP contribution in [0.15, 0.2) is 35.3 Å². The Morgan fingerprint density at radius 1 is 1.25 bits per heavy atom. The summed E-state index contributed by atoms with van der Waals surface area (Å²) < 4.78 is 0. The maximum Gasteiger partial charge on any atom is 0.0412 e. The highest BCUT2D eigenvalue weighted by molar-refractivity contribution is 5.79. The van der Waals surface area contributed by atoms with E-state index in [0.717, 1.165) is 6.54 Å². The molecular formula is C11H15N. The highest BCUT2D eigenvalue weighted by Gasteiger charge is 1.88. The van der Waals surface area contributed by atoms with Crippen molar-refractivity contribution in [1.82, 2.24) is 0 Å². The molecule has 1 aromatic rings. The SMILES string of the molecule is CC(C)C/N=C\c1ccccc1. The molecule has 0 atom stereocenters. The molecule has 0 spiro atoms. The van der Waals surface area contributed by atoms with Crippen LogP contribution in [0.3, 0.4) is 0 Å². The topological polar surface area (TPSA) is 12.4 Å². The lowest BCUT2D eigenvalue weighted by Crippen LogP contribution is -1.92. The molecule has 0 saturated carbocycles. The third kappa shape index (κ3) is 3.33. The summed E-state index contributed by atoms with van der Waals surface area (Å²) in [6.45, 7) is 5.25. The zero-order valence-electron chi connectivity index (χ0n) is 7.70. The number of hydrogen-bond acceptors (Lipinski definition) is 1. The van der Waals surface area contributed by atoms with Crippen LogP contribution in [-0.2, 0) is 0 Å². The highest BCUT2D eigenvalue weighted by atomic mass is 14.7. The molecule has 0 unspecified atom stereocenters. The van der Waals surface area contributed by atoms with Gasteiger partial charge in [-0.3, -0.25) is 4.99 Å². The Hall–Kier alpha value is -1.11. The molecule has 0 fully saturated rings. The Morgan fingerprint density at radius 3 is 2.50 bits per heavy atom. The summed E-state index contributed by atoms with van der Waals surface area (Å²) in [7, 11) is 0. The van der Waals surface area contributed by atoms with Gasteiger partial charge < -0.3 is 0 Å². The summed E-state index contributed by atoms with van der Waals surface area (Å²) in [5, 5.41) is 0. The second-order valence-electron chi connectivity index (χ2n) is 3.30. The number of rotatable bonds is 3. The first-order valence-corrected chi connectivity index (χ1v) is 4.34. The molecule has 1 nitrogen and oxygen atoms in total. The minimum atomic E-state index is 0.643. The number of nitrogens with zero attached hydrogens (tertiary/aromatic N) is 1. The molecule has 0 saturated heterocycles. The van der Waals surface area contributed by atoms with E-state index in [-0.39, 0.29) is 0 Å². The monoisotopic (exact) mass is 161 g/mol. The Bertz CT molecular complexity index is 236. The molecule has 0 amide bonds. The van der Waals surface area contributed by atoms with Gasteiger partial charge in [-0.15, -0.1) is 0 Å². The standard InChI is InChI=1S/C11H15N/c1-10(2)8-12-9-11-6-4-3-5-7-11/h3-7,9-10H,8H2,1-2H3/b12-9-. The largest absolute Gasteiger partial charge is 0.292 e. The van der Waals surface area contributed by atoms with E-state index in [1.807, 2.05) is 24.4 Å². The smallest absolute Gasteiger partial charge is 0.0412 e. The Labute approximate surface area is 74.2 Å². The van der Waals surface area contributed by atoms with Crippen molar-refractivity contribution in [2.75, 3.05) is 6.54 Å². The van der Waals surface area contributed by atoms with Crippen molar-refractivity contribution < 1.29 is 0 Å². The maximum atomic E-state index is 4.32. The fourth-order valence-corrected chi connectivity index (χ4v) is 0.908. The summed E-state index contributed by atoms with van der Waals surface area (Å²) in [5.74, 6) is 0.643. The van der Waals surface area contributed by atoms with Crippen molar-refractivity contribution in [3.63, 3.8) is 0 Å². The molecule has 0 aliphatic carbocycles. The Balaban J connectivity index is 2.47. The van der Waals surface area contributed by atoms with Crippen molar-refractivity contribution in [2.45, 2.75) is 13.8 Å². The van der Waals surface area contributed by atoms with Gasteiger partial charge in [-0.1, -0.05) is 44.2 Å². The first-order chi connectivity index (χ1) is 5.79. The third-order valence-corrected chi connectivity index (χ3v) is 1.51. The maximum absolute atomic E-state index is 4.32. The molecule has 12 heavy (non-hydrogen) atoms. The molecule has 64 valence electrons. The molecule has 0 heterocycles. The van der Waals surface area contributed by atoms with Crippen molar-refractivity contribution in [3.05, 3.63) is 35.9 Å². The van der Waals surface area contributed by atoms with Gasteiger partial charge in [0.2, 0.25) is 0 Å². The molecule has 1 heteroatoms. The fourth-order valence-electron chi connectivity index (χ4n) is 0.908. The van der Waals surface area contributed by atoms with E-state index in [1.165, 1.54) is 5.56 Å². The van der Waals surface area contributed by atoms with E-state index < -0.39 is 0 Å². The molecule has 1 aromatic carbocycles. The zero-order valence-corrected chi connectivity index (χ0v) is 7.70. The predicted octanol–water partition coefficient (Wildman–Crippen LogP) is 2.76. The van der Waals surface area contributed by atoms with E-state index in [1.54, 1.807) is 0 Å². The van der Waals surface area contributed by atoms with Gasteiger partial charge in [0.05, 0.1) is 0 Å². The quantitative estimate of drug-likeness (QED) is 0.604. The average Bonchev–Trinajstić information content (AvgIpc) is 2.05. The second kappa shape index (κ2) is 4.70. The summed E-state index contributed by atoms with van der Waals surface area (Å²) in [6.07, 6.45) is 1.93. The van der Waals surface area contributed by atoms with Gasteiger partial charge in [0.25, 0.3) is 0 Å². The molecule has 0 aromatic heterocycles. The fraction of sp³-hybridized carbons (Fsp3) is 0.364. The van der Waals surface area contributed by atoms with Crippen molar-refractivity contribution in [2.24, 2.45) is 10.9 Å².